The molecule has 0 amide bonds. The summed E-state index contributed by atoms with van der Waals surface area (Å²) in [5.74, 6) is 0.955. The van der Waals surface area contributed by atoms with Gasteiger partial charge in [-0.2, -0.15) is 5.26 Å². The number of rotatable bonds is 2. The maximum Gasteiger partial charge on any atom is 0.0635 e. The first-order valence-electron chi connectivity index (χ1n) is 5.33. The molecular formula is C11H18N2. The van der Waals surface area contributed by atoms with Crippen molar-refractivity contribution in [2.45, 2.75) is 32.6 Å². The molecule has 2 fully saturated rings. The molecule has 0 aromatic heterocycles. The highest BCUT2D eigenvalue weighted by Crippen LogP contribution is 2.51. The zero-order chi connectivity index (χ0) is 9.31. The Hall–Kier alpha value is -0.550. The van der Waals surface area contributed by atoms with Crippen LogP contribution in [0, 0.1) is 22.7 Å². The van der Waals surface area contributed by atoms with Crippen LogP contribution >= 0.6 is 0 Å². The normalized spacial score (nSPS) is 38.9. The lowest BCUT2D eigenvalue weighted by molar-refractivity contribution is 0.0752. The Morgan fingerprint density at radius 3 is 2.92 bits per heavy atom. The van der Waals surface area contributed by atoms with Gasteiger partial charge in [-0.25, -0.2) is 0 Å². The minimum absolute atomic E-state index is 0.675. The molecular weight excluding hydrogens is 160 g/mol. The molecule has 2 rings (SSSR count). The minimum atomic E-state index is 0.675. The lowest BCUT2D eigenvalue weighted by Gasteiger charge is -2.43. The van der Waals surface area contributed by atoms with E-state index in [9.17, 15) is 0 Å². The molecule has 0 atom stereocenters. The van der Waals surface area contributed by atoms with Crippen molar-refractivity contribution in [2.24, 2.45) is 11.3 Å². The van der Waals surface area contributed by atoms with Gasteiger partial charge < -0.3 is 4.90 Å². The van der Waals surface area contributed by atoms with Crippen LogP contribution < -0.4 is 0 Å². The summed E-state index contributed by atoms with van der Waals surface area (Å²) in [6.45, 7) is 5.84. The fourth-order valence-corrected chi connectivity index (χ4v) is 3.18. The van der Waals surface area contributed by atoms with Crippen LogP contribution in [0.5, 0.6) is 0 Å². The summed E-state index contributed by atoms with van der Waals surface area (Å²) in [6, 6.07) is 2.23. The maximum absolute atomic E-state index is 8.49. The summed E-state index contributed by atoms with van der Waals surface area (Å²) in [4.78, 5) is 2.47. The van der Waals surface area contributed by atoms with Crippen molar-refractivity contribution in [1.29, 1.82) is 5.26 Å². The number of nitriles is 1. The molecule has 2 heteroatoms. The monoisotopic (exact) mass is 178 g/mol. The molecule has 2 aliphatic rings. The first-order valence-corrected chi connectivity index (χ1v) is 5.33. The van der Waals surface area contributed by atoms with Crippen LogP contribution in [0.3, 0.4) is 0 Å². The molecule has 1 aliphatic carbocycles. The number of likely N-dealkylation sites (tertiary alicyclic amines) is 1. The van der Waals surface area contributed by atoms with Crippen LogP contribution in [0.2, 0.25) is 0 Å². The van der Waals surface area contributed by atoms with E-state index in [1.165, 1.54) is 32.4 Å². The predicted octanol–water partition coefficient (Wildman–Crippen LogP) is 2.02. The van der Waals surface area contributed by atoms with E-state index in [4.69, 9.17) is 5.26 Å². The van der Waals surface area contributed by atoms with Crippen molar-refractivity contribution in [1.82, 2.24) is 4.90 Å². The SMILES string of the molecule is CC1CC2(CCN(CCC#N)C2)C1. The third-order valence-corrected chi connectivity index (χ3v) is 3.62. The van der Waals surface area contributed by atoms with Crippen LogP contribution in [0.4, 0.5) is 0 Å². The third-order valence-electron chi connectivity index (χ3n) is 3.62. The van der Waals surface area contributed by atoms with E-state index >= 15 is 0 Å². The zero-order valence-corrected chi connectivity index (χ0v) is 8.42. The number of nitrogens with zero attached hydrogens (tertiary/aromatic N) is 2. The Labute approximate surface area is 80.5 Å². The summed E-state index contributed by atoms with van der Waals surface area (Å²) < 4.78 is 0. The molecule has 1 aliphatic heterocycles. The molecule has 0 N–H and O–H groups in total. The van der Waals surface area contributed by atoms with Gasteiger partial charge in [0.15, 0.2) is 0 Å². The topological polar surface area (TPSA) is 27.0 Å². The van der Waals surface area contributed by atoms with Crippen LogP contribution in [0.25, 0.3) is 0 Å². The van der Waals surface area contributed by atoms with Gasteiger partial charge >= 0.3 is 0 Å². The summed E-state index contributed by atoms with van der Waals surface area (Å²) >= 11 is 0. The number of hydrogen-bond acceptors (Lipinski definition) is 2. The van der Waals surface area contributed by atoms with Gasteiger partial charge in [0.1, 0.15) is 0 Å². The highest BCUT2D eigenvalue weighted by molar-refractivity contribution is 4.98. The summed E-state index contributed by atoms with van der Waals surface area (Å²) in [7, 11) is 0. The second-order valence-corrected chi connectivity index (χ2v) is 4.95. The van der Waals surface area contributed by atoms with Crippen molar-refractivity contribution >= 4 is 0 Å². The minimum Gasteiger partial charge on any atom is -0.302 e. The van der Waals surface area contributed by atoms with Gasteiger partial charge in [-0.3, -0.25) is 0 Å². The molecule has 2 nitrogen and oxygen atoms in total. The van der Waals surface area contributed by atoms with E-state index in [-0.39, 0.29) is 0 Å². The summed E-state index contributed by atoms with van der Waals surface area (Å²) in [6.07, 6.45) is 4.93. The van der Waals surface area contributed by atoms with E-state index in [0.717, 1.165) is 12.5 Å². The van der Waals surface area contributed by atoms with Gasteiger partial charge in [-0.15, -0.1) is 0 Å². The van der Waals surface area contributed by atoms with Gasteiger partial charge in [-0.05, 0) is 37.1 Å². The first kappa shape index (κ1) is 9.02. The fourth-order valence-electron chi connectivity index (χ4n) is 3.18. The smallest absolute Gasteiger partial charge is 0.0635 e. The second-order valence-electron chi connectivity index (χ2n) is 4.95. The van der Waals surface area contributed by atoms with Crippen LogP contribution in [0.15, 0.2) is 0 Å². The quantitative estimate of drug-likeness (QED) is 0.647. The maximum atomic E-state index is 8.49. The van der Waals surface area contributed by atoms with Crippen molar-refractivity contribution < 1.29 is 0 Å². The fraction of sp³-hybridized carbons (Fsp3) is 0.909. The van der Waals surface area contributed by atoms with E-state index in [2.05, 4.69) is 17.9 Å². The van der Waals surface area contributed by atoms with Crippen molar-refractivity contribution in [2.75, 3.05) is 19.6 Å². The van der Waals surface area contributed by atoms with E-state index < -0.39 is 0 Å². The first-order chi connectivity index (χ1) is 6.24. The van der Waals surface area contributed by atoms with Crippen molar-refractivity contribution in [3.05, 3.63) is 0 Å². The molecule has 0 radical (unpaired) electrons. The predicted molar refractivity (Wildman–Crippen MR) is 52.1 cm³/mol. The average molecular weight is 178 g/mol. The van der Waals surface area contributed by atoms with Crippen LogP contribution in [-0.2, 0) is 0 Å². The van der Waals surface area contributed by atoms with Gasteiger partial charge in [0, 0.05) is 19.5 Å². The molecule has 1 spiro atoms. The highest BCUT2D eigenvalue weighted by atomic mass is 15.2. The standard InChI is InChI=1S/C11H18N2/c1-10-7-11(8-10)3-6-13(9-11)5-2-4-12/h10H,2-3,5-9H2,1H3. The third kappa shape index (κ3) is 1.71. The lowest BCUT2D eigenvalue weighted by Crippen LogP contribution is -2.38. The number of hydrogen-bond donors (Lipinski definition) is 0. The summed E-state index contributed by atoms with van der Waals surface area (Å²) in [5, 5.41) is 8.49. The molecule has 0 bridgehead atoms. The molecule has 0 aromatic rings. The second kappa shape index (κ2) is 3.31. The Morgan fingerprint density at radius 2 is 2.31 bits per heavy atom. The van der Waals surface area contributed by atoms with Gasteiger partial charge in [0.2, 0.25) is 0 Å². The Balaban J connectivity index is 1.78. The van der Waals surface area contributed by atoms with Crippen LogP contribution in [-0.4, -0.2) is 24.5 Å². The van der Waals surface area contributed by atoms with Gasteiger partial charge in [0.05, 0.1) is 6.07 Å². The molecule has 0 unspecified atom stereocenters. The Kier molecular flexibility index (Phi) is 2.29. The largest absolute Gasteiger partial charge is 0.302 e. The van der Waals surface area contributed by atoms with Gasteiger partial charge in [-0.1, -0.05) is 6.92 Å². The van der Waals surface area contributed by atoms with E-state index in [1.807, 2.05) is 0 Å². The van der Waals surface area contributed by atoms with Crippen molar-refractivity contribution in [3.8, 4) is 6.07 Å². The molecule has 0 aromatic carbocycles. The van der Waals surface area contributed by atoms with E-state index in [1.54, 1.807) is 0 Å². The molecule has 13 heavy (non-hydrogen) atoms. The van der Waals surface area contributed by atoms with Gasteiger partial charge in [0.25, 0.3) is 0 Å². The Morgan fingerprint density at radius 1 is 1.54 bits per heavy atom. The Bertz CT molecular complexity index is 223. The van der Waals surface area contributed by atoms with E-state index in [0.29, 0.717) is 11.8 Å². The molecule has 72 valence electrons. The molecule has 1 heterocycles. The highest BCUT2D eigenvalue weighted by Gasteiger charge is 2.46. The summed E-state index contributed by atoms with van der Waals surface area (Å²) in [5.41, 5.74) is 0.675. The lowest BCUT2D eigenvalue weighted by atomic mass is 9.62. The van der Waals surface area contributed by atoms with Crippen LogP contribution in [0.1, 0.15) is 32.6 Å². The zero-order valence-electron chi connectivity index (χ0n) is 8.42. The van der Waals surface area contributed by atoms with Crippen molar-refractivity contribution in [3.63, 3.8) is 0 Å². The molecule has 1 saturated carbocycles. The molecule has 1 saturated heterocycles. The average Bonchev–Trinajstić information content (AvgIpc) is 2.45.